The number of fused-ring (bicyclic) bond motifs is 2. The van der Waals surface area contributed by atoms with Crippen LogP contribution in [0.1, 0.15) is 50.7 Å². The highest BCUT2D eigenvalue weighted by atomic mass is 16.3. The number of nitrogens with zero attached hydrogens (tertiary/aromatic N) is 2. The molecule has 25 heavy (non-hydrogen) atoms. The van der Waals surface area contributed by atoms with Gasteiger partial charge in [-0.3, -0.25) is 0 Å². The smallest absolute Gasteiger partial charge is 0.163 e. The molecule has 0 amide bonds. The van der Waals surface area contributed by atoms with E-state index in [1.807, 2.05) is 24.3 Å². The third-order valence-corrected chi connectivity index (χ3v) is 4.66. The number of allylic oxidation sites excluding steroid dienone is 2. The van der Waals surface area contributed by atoms with Crippen LogP contribution < -0.4 is 0 Å². The second-order valence-corrected chi connectivity index (χ2v) is 6.91. The Morgan fingerprint density at radius 3 is 2.24 bits per heavy atom. The number of aromatic hydroxyl groups is 2. The maximum Gasteiger partial charge on any atom is 0.163 e. The van der Waals surface area contributed by atoms with Crippen LogP contribution in [0, 0.1) is 6.92 Å². The van der Waals surface area contributed by atoms with E-state index in [9.17, 15) is 10.2 Å². The fourth-order valence-electron chi connectivity index (χ4n) is 3.21. The van der Waals surface area contributed by atoms with Crippen LogP contribution in [0.15, 0.2) is 35.9 Å². The minimum absolute atomic E-state index is 0.0556. The number of para-hydroxylation sites is 2. The molecule has 0 saturated heterocycles. The van der Waals surface area contributed by atoms with Crippen LogP contribution in [0.2, 0.25) is 0 Å². The molecule has 0 saturated carbocycles. The summed E-state index contributed by atoms with van der Waals surface area (Å²) in [5.74, 6) is -0.111. The van der Waals surface area contributed by atoms with E-state index >= 15 is 0 Å². The molecule has 0 aliphatic carbocycles. The van der Waals surface area contributed by atoms with Crippen LogP contribution in [-0.4, -0.2) is 20.2 Å². The van der Waals surface area contributed by atoms with E-state index in [1.165, 1.54) is 5.57 Å². The van der Waals surface area contributed by atoms with Gasteiger partial charge in [-0.1, -0.05) is 30.7 Å². The normalized spacial score (nSPS) is 12.5. The molecule has 130 valence electrons. The second kappa shape index (κ2) is 6.71. The first-order chi connectivity index (χ1) is 11.9. The van der Waals surface area contributed by atoms with Gasteiger partial charge < -0.3 is 10.2 Å². The zero-order valence-corrected chi connectivity index (χ0v) is 15.2. The van der Waals surface area contributed by atoms with Crippen LogP contribution in [0.4, 0.5) is 0 Å². The van der Waals surface area contributed by atoms with Crippen molar-refractivity contribution in [1.29, 1.82) is 0 Å². The van der Waals surface area contributed by atoms with Crippen LogP contribution in [0.3, 0.4) is 0 Å². The van der Waals surface area contributed by atoms with Gasteiger partial charge in [0, 0.05) is 11.1 Å². The number of aryl methyl sites for hydroxylation is 1. The summed E-state index contributed by atoms with van der Waals surface area (Å²) >= 11 is 0. The zero-order valence-electron chi connectivity index (χ0n) is 15.2. The summed E-state index contributed by atoms with van der Waals surface area (Å²) < 4.78 is 0. The summed E-state index contributed by atoms with van der Waals surface area (Å²) in [4.78, 5) is 9.44. The third-order valence-electron chi connectivity index (χ3n) is 4.66. The molecule has 4 nitrogen and oxygen atoms in total. The van der Waals surface area contributed by atoms with E-state index in [0.717, 1.165) is 23.9 Å². The molecule has 2 aromatic carbocycles. The number of phenolic OH excluding ortho intramolecular Hbond substituents is 2. The number of rotatable bonds is 4. The minimum atomic E-state index is -0.0962. The summed E-state index contributed by atoms with van der Waals surface area (Å²) in [6, 6.07) is 7.66. The summed E-state index contributed by atoms with van der Waals surface area (Å²) in [5.41, 5.74) is 5.42. The van der Waals surface area contributed by atoms with Gasteiger partial charge in [-0.15, -0.1) is 0 Å². The summed E-state index contributed by atoms with van der Waals surface area (Å²) in [6.45, 7) is 7.97. The van der Waals surface area contributed by atoms with Gasteiger partial charge in [-0.25, -0.2) is 9.97 Å². The van der Waals surface area contributed by atoms with E-state index in [2.05, 4.69) is 31.8 Å². The molecule has 0 aliphatic rings. The number of hydrogen-bond acceptors (Lipinski definition) is 4. The van der Waals surface area contributed by atoms with Crippen molar-refractivity contribution in [1.82, 2.24) is 9.97 Å². The first-order valence-electron chi connectivity index (χ1n) is 8.64. The average Bonchev–Trinajstić information content (AvgIpc) is 2.58. The molecular formula is C21H24N2O2. The number of aromatic nitrogens is 2. The van der Waals surface area contributed by atoms with Crippen molar-refractivity contribution in [2.24, 2.45) is 0 Å². The molecule has 4 heteroatoms. The van der Waals surface area contributed by atoms with Gasteiger partial charge in [0.2, 0.25) is 0 Å². The SMILES string of the molecule is CC(C)=CCCC(C)c1c(O)c(O)c(C)c2nc3ccccc3nc12. The lowest BCUT2D eigenvalue weighted by molar-refractivity contribution is 0.394. The molecule has 0 radical (unpaired) electrons. The second-order valence-electron chi connectivity index (χ2n) is 6.91. The molecule has 1 unspecified atom stereocenters. The predicted octanol–water partition coefficient (Wildman–Crippen LogP) is 5.35. The summed E-state index contributed by atoms with van der Waals surface area (Å²) in [5, 5.41) is 21.0. The quantitative estimate of drug-likeness (QED) is 0.383. The highest BCUT2D eigenvalue weighted by molar-refractivity contribution is 5.93. The topological polar surface area (TPSA) is 66.2 Å². The number of benzene rings is 2. The lowest BCUT2D eigenvalue weighted by atomic mass is 9.91. The van der Waals surface area contributed by atoms with Crippen molar-refractivity contribution in [2.75, 3.05) is 0 Å². The van der Waals surface area contributed by atoms with Gasteiger partial charge in [0.25, 0.3) is 0 Å². The van der Waals surface area contributed by atoms with E-state index in [-0.39, 0.29) is 17.4 Å². The molecule has 0 aliphatic heterocycles. The number of phenols is 2. The Labute approximate surface area is 147 Å². The fourth-order valence-corrected chi connectivity index (χ4v) is 3.21. The van der Waals surface area contributed by atoms with Crippen molar-refractivity contribution in [3.63, 3.8) is 0 Å². The van der Waals surface area contributed by atoms with Crippen LogP contribution in [-0.2, 0) is 0 Å². The molecule has 0 spiro atoms. The van der Waals surface area contributed by atoms with Gasteiger partial charge in [0.15, 0.2) is 11.5 Å². The molecule has 1 aromatic heterocycles. The maximum absolute atomic E-state index is 10.6. The van der Waals surface area contributed by atoms with Crippen LogP contribution in [0.25, 0.3) is 22.1 Å². The van der Waals surface area contributed by atoms with E-state index in [0.29, 0.717) is 22.2 Å². The van der Waals surface area contributed by atoms with Crippen molar-refractivity contribution in [2.45, 2.75) is 46.5 Å². The molecular weight excluding hydrogens is 312 g/mol. The van der Waals surface area contributed by atoms with E-state index in [4.69, 9.17) is 4.98 Å². The van der Waals surface area contributed by atoms with E-state index < -0.39 is 0 Å². The zero-order chi connectivity index (χ0) is 18.1. The van der Waals surface area contributed by atoms with Gasteiger partial charge >= 0.3 is 0 Å². The van der Waals surface area contributed by atoms with Gasteiger partial charge in [0.05, 0.1) is 22.1 Å². The molecule has 0 bridgehead atoms. The molecule has 3 aromatic rings. The maximum atomic E-state index is 10.6. The lowest BCUT2D eigenvalue weighted by Crippen LogP contribution is -2.01. The Bertz CT molecular complexity index is 973. The number of hydrogen-bond donors (Lipinski definition) is 2. The van der Waals surface area contributed by atoms with Gasteiger partial charge in [-0.05, 0) is 51.7 Å². The lowest BCUT2D eigenvalue weighted by Gasteiger charge is -2.18. The summed E-state index contributed by atoms with van der Waals surface area (Å²) in [6.07, 6.45) is 3.97. The third kappa shape index (κ3) is 3.16. The van der Waals surface area contributed by atoms with Crippen molar-refractivity contribution >= 4 is 22.1 Å². The predicted molar refractivity (Wildman–Crippen MR) is 102 cm³/mol. The van der Waals surface area contributed by atoms with E-state index in [1.54, 1.807) is 6.92 Å². The molecule has 1 heterocycles. The Kier molecular flexibility index (Phi) is 4.62. The molecule has 2 N–H and O–H groups in total. The van der Waals surface area contributed by atoms with Crippen molar-refractivity contribution < 1.29 is 10.2 Å². The minimum Gasteiger partial charge on any atom is -0.504 e. The van der Waals surface area contributed by atoms with Crippen molar-refractivity contribution in [3.05, 3.63) is 47.0 Å². The summed E-state index contributed by atoms with van der Waals surface area (Å²) in [7, 11) is 0. The Hall–Kier alpha value is -2.62. The average molecular weight is 336 g/mol. The van der Waals surface area contributed by atoms with Crippen LogP contribution in [0.5, 0.6) is 11.5 Å². The Morgan fingerprint density at radius 1 is 1.04 bits per heavy atom. The molecule has 0 fully saturated rings. The fraction of sp³-hybridized carbons (Fsp3) is 0.333. The molecule has 3 rings (SSSR count). The molecule has 1 atom stereocenters. The Balaban J connectivity index is 2.22. The first-order valence-corrected chi connectivity index (χ1v) is 8.64. The monoisotopic (exact) mass is 336 g/mol. The van der Waals surface area contributed by atoms with Crippen LogP contribution >= 0.6 is 0 Å². The van der Waals surface area contributed by atoms with Gasteiger partial charge in [0.1, 0.15) is 0 Å². The van der Waals surface area contributed by atoms with Gasteiger partial charge in [-0.2, -0.15) is 0 Å². The standard InChI is InChI=1S/C21H24N2O2/c1-12(2)8-7-9-13(3)17-19-18(14(4)20(24)21(17)25)22-15-10-5-6-11-16(15)23-19/h5-6,8,10-11,13,24-25H,7,9H2,1-4H3. The first kappa shape index (κ1) is 17.2. The highest BCUT2D eigenvalue weighted by Crippen LogP contribution is 2.43. The Morgan fingerprint density at radius 2 is 1.64 bits per heavy atom. The largest absolute Gasteiger partial charge is 0.504 e. The highest BCUT2D eigenvalue weighted by Gasteiger charge is 2.22. The van der Waals surface area contributed by atoms with Crippen molar-refractivity contribution in [3.8, 4) is 11.5 Å².